The second kappa shape index (κ2) is 6.22. The number of anilines is 1. The number of benzene rings is 2. The van der Waals surface area contributed by atoms with Crippen LogP contribution in [0.15, 0.2) is 48.5 Å². The molecule has 2 aromatic carbocycles. The molecule has 1 heterocycles. The van der Waals surface area contributed by atoms with Crippen LogP contribution in [0.25, 0.3) is 11.3 Å². The molecule has 0 saturated carbocycles. The number of hydrogen-bond donors (Lipinski definition) is 2. The molecule has 0 spiro atoms. The molecule has 0 bridgehead atoms. The average molecular weight is 324 g/mol. The topological polar surface area (TPSA) is 62.2 Å². The summed E-state index contributed by atoms with van der Waals surface area (Å²) in [5.74, 6) is -0.0188. The number of aryl methyl sites for hydroxylation is 2. The third-order valence-electron chi connectivity index (χ3n) is 3.45. The third kappa shape index (κ3) is 3.40. The van der Waals surface area contributed by atoms with E-state index in [1.165, 1.54) is 17.0 Å². The fourth-order valence-corrected chi connectivity index (χ4v) is 3.16. The largest absolute Gasteiger partial charge is 0.508 e. The van der Waals surface area contributed by atoms with Gasteiger partial charge in [0.2, 0.25) is 0 Å². The summed E-state index contributed by atoms with van der Waals surface area (Å²) in [6.07, 6.45) is 0. The van der Waals surface area contributed by atoms with Gasteiger partial charge >= 0.3 is 0 Å². The van der Waals surface area contributed by atoms with Gasteiger partial charge in [-0.25, -0.2) is 4.98 Å². The maximum atomic E-state index is 12.2. The van der Waals surface area contributed by atoms with Crippen molar-refractivity contribution in [2.24, 2.45) is 0 Å². The molecule has 23 heavy (non-hydrogen) atoms. The van der Waals surface area contributed by atoms with Gasteiger partial charge in [0.05, 0.1) is 10.7 Å². The van der Waals surface area contributed by atoms with Crippen LogP contribution in [0.1, 0.15) is 20.2 Å². The predicted octanol–water partition coefficient (Wildman–Crippen LogP) is 4.38. The quantitative estimate of drug-likeness (QED) is 0.703. The van der Waals surface area contributed by atoms with Crippen molar-refractivity contribution in [3.05, 3.63) is 64.0 Å². The number of phenolic OH excluding ortho intramolecular Hbond substituents is 1. The number of thiazole rings is 1. The minimum atomic E-state index is -0.187. The van der Waals surface area contributed by atoms with Crippen LogP contribution in [-0.2, 0) is 0 Å². The first-order chi connectivity index (χ1) is 11.0. The van der Waals surface area contributed by atoms with Gasteiger partial charge in [0.1, 0.15) is 5.75 Å². The molecule has 0 atom stereocenters. The lowest BCUT2D eigenvalue weighted by Gasteiger charge is -2.06. The molecule has 0 fully saturated rings. The van der Waals surface area contributed by atoms with Gasteiger partial charge in [-0.05, 0) is 50.2 Å². The number of carbonyl (C=O) groups excluding carboxylic acids is 1. The Hall–Kier alpha value is -2.66. The molecular formula is C18H16N2O2S. The molecule has 116 valence electrons. The van der Waals surface area contributed by atoms with E-state index in [0.717, 1.165) is 16.3 Å². The molecule has 5 heteroatoms. The van der Waals surface area contributed by atoms with E-state index in [9.17, 15) is 9.90 Å². The fourth-order valence-electron chi connectivity index (χ4n) is 2.32. The summed E-state index contributed by atoms with van der Waals surface area (Å²) < 4.78 is 0. The van der Waals surface area contributed by atoms with Crippen LogP contribution in [-0.4, -0.2) is 16.0 Å². The lowest BCUT2D eigenvalue weighted by atomic mass is 10.1. The maximum absolute atomic E-state index is 12.2. The molecule has 0 radical (unpaired) electrons. The second-order valence-corrected chi connectivity index (χ2v) is 6.62. The first kappa shape index (κ1) is 15.2. The second-order valence-electron chi connectivity index (χ2n) is 5.22. The van der Waals surface area contributed by atoms with Crippen LogP contribution in [0.2, 0.25) is 0 Å². The number of carbonyl (C=O) groups is 1. The van der Waals surface area contributed by atoms with E-state index in [1.807, 2.05) is 26.0 Å². The minimum absolute atomic E-state index is 0.168. The SMILES string of the molecule is Cc1nc(-c2ccc(C(=O)Nc3ccc(O)cc3)cc2)c(C)s1. The zero-order valence-corrected chi connectivity index (χ0v) is 13.6. The molecule has 1 aromatic heterocycles. The molecule has 2 N–H and O–H groups in total. The number of aromatic hydroxyl groups is 1. The van der Waals surface area contributed by atoms with Crippen LogP contribution in [0.3, 0.4) is 0 Å². The van der Waals surface area contributed by atoms with Crippen molar-refractivity contribution in [3.8, 4) is 17.0 Å². The lowest BCUT2D eigenvalue weighted by molar-refractivity contribution is 0.102. The highest BCUT2D eigenvalue weighted by atomic mass is 32.1. The van der Waals surface area contributed by atoms with Crippen molar-refractivity contribution in [2.75, 3.05) is 5.32 Å². The van der Waals surface area contributed by atoms with E-state index in [-0.39, 0.29) is 11.7 Å². The average Bonchev–Trinajstić information content (AvgIpc) is 2.88. The molecule has 4 nitrogen and oxygen atoms in total. The summed E-state index contributed by atoms with van der Waals surface area (Å²) in [6.45, 7) is 4.03. The van der Waals surface area contributed by atoms with Gasteiger partial charge < -0.3 is 10.4 Å². The van der Waals surface area contributed by atoms with Gasteiger partial charge in [-0.15, -0.1) is 11.3 Å². The smallest absolute Gasteiger partial charge is 0.255 e. The molecule has 0 unspecified atom stereocenters. The standard InChI is InChI=1S/C18H16N2O2S/c1-11-17(19-12(2)23-11)13-3-5-14(6-4-13)18(22)20-15-7-9-16(21)10-8-15/h3-10,21H,1-2H3,(H,20,22). The van der Waals surface area contributed by atoms with Gasteiger partial charge in [0, 0.05) is 21.7 Å². The van der Waals surface area contributed by atoms with Crippen molar-refractivity contribution in [1.29, 1.82) is 0 Å². The number of aromatic nitrogens is 1. The summed E-state index contributed by atoms with van der Waals surface area (Å²) in [6, 6.07) is 13.8. The maximum Gasteiger partial charge on any atom is 0.255 e. The summed E-state index contributed by atoms with van der Waals surface area (Å²) in [5.41, 5.74) is 3.19. The Bertz CT molecular complexity index is 836. The number of nitrogens with zero attached hydrogens (tertiary/aromatic N) is 1. The van der Waals surface area contributed by atoms with Gasteiger partial charge in [-0.3, -0.25) is 4.79 Å². The molecule has 0 aliphatic rings. The zero-order chi connectivity index (χ0) is 16.4. The van der Waals surface area contributed by atoms with Crippen LogP contribution < -0.4 is 5.32 Å². The molecule has 3 aromatic rings. The Morgan fingerprint density at radius 3 is 2.26 bits per heavy atom. The number of nitrogens with one attached hydrogen (secondary N) is 1. The van der Waals surface area contributed by atoms with Crippen LogP contribution in [0.4, 0.5) is 5.69 Å². The van der Waals surface area contributed by atoms with Crippen LogP contribution in [0.5, 0.6) is 5.75 Å². The first-order valence-corrected chi connectivity index (χ1v) is 7.99. The van der Waals surface area contributed by atoms with Gasteiger partial charge in [0.15, 0.2) is 0 Å². The van der Waals surface area contributed by atoms with Crippen molar-refractivity contribution in [2.45, 2.75) is 13.8 Å². The summed E-state index contributed by atoms with van der Waals surface area (Å²) in [4.78, 5) is 17.9. The minimum Gasteiger partial charge on any atom is -0.508 e. The Labute approximate surface area is 138 Å². The van der Waals surface area contributed by atoms with Gasteiger partial charge in [0.25, 0.3) is 5.91 Å². The van der Waals surface area contributed by atoms with E-state index in [2.05, 4.69) is 10.3 Å². The molecule has 1 amide bonds. The molecular weight excluding hydrogens is 308 g/mol. The molecule has 0 aliphatic heterocycles. The van der Waals surface area contributed by atoms with E-state index in [0.29, 0.717) is 11.3 Å². The predicted molar refractivity (Wildman–Crippen MR) is 93.1 cm³/mol. The Morgan fingerprint density at radius 2 is 1.70 bits per heavy atom. The van der Waals surface area contributed by atoms with E-state index < -0.39 is 0 Å². The van der Waals surface area contributed by atoms with Gasteiger partial charge in [-0.2, -0.15) is 0 Å². The highest BCUT2D eigenvalue weighted by molar-refractivity contribution is 7.11. The van der Waals surface area contributed by atoms with Crippen molar-refractivity contribution < 1.29 is 9.90 Å². The third-order valence-corrected chi connectivity index (χ3v) is 4.34. The van der Waals surface area contributed by atoms with Crippen LogP contribution in [0, 0.1) is 13.8 Å². The molecule has 3 rings (SSSR count). The number of amides is 1. The van der Waals surface area contributed by atoms with Crippen molar-refractivity contribution >= 4 is 22.9 Å². The fraction of sp³-hybridized carbons (Fsp3) is 0.111. The van der Waals surface area contributed by atoms with Crippen molar-refractivity contribution in [1.82, 2.24) is 4.98 Å². The number of rotatable bonds is 3. The molecule has 0 saturated heterocycles. The normalized spacial score (nSPS) is 10.5. The number of hydrogen-bond acceptors (Lipinski definition) is 4. The van der Waals surface area contributed by atoms with Crippen molar-refractivity contribution in [3.63, 3.8) is 0 Å². The van der Waals surface area contributed by atoms with E-state index >= 15 is 0 Å². The van der Waals surface area contributed by atoms with E-state index in [1.54, 1.807) is 35.6 Å². The summed E-state index contributed by atoms with van der Waals surface area (Å²) in [7, 11) is 0. The monoisotopic (exact) mass is 324 g/mol. The Balaban J connectivity index is 1.77. The summed E-state index contributed by atoms with van der Waals surface area (Å²) >= 11 is 1.67. The van der Waals surface area contributed by atoms with Gasteiger partial charge in [-0.1, -0.05) is 12.1 Å². The Kier molecular flexibility index (Phi) is 4.12. The zero-order valence-electron chi connectivity index (χ0n) is 12.8. The van der Waals surface area contributed by atoms with E-state index in [4.69, 9.17) is 0 Å². The molecule has 0 aliphatic carbocycles. The Morgan fingerprint density at radius 1 is 1.04 bits per heavy atom. The first-order valence-electron chi connectivity index (χ1n) is 7.18. The highest BCUT2D eigenvalue weighted by Gasteiger charge is 2.10. The summed E-state index contributed by atoms with van der Waals surface area (Å²) in [5, 5.41) is 13.1. The lowest BCUT2D eigenvalue weighted by Crippen LogP contribution is -2.11. The van der Waals surface area contributed by atoms with Crippen LogP contribution >= 0.6 is 11.3 Å². The highest BCUT2D eigenvalue weighted by Crippen LogP contribution is 2.27. The number of phenols is 1.